The van der Waals surface area contributed by atoms with Crippen molar-refractivity contribution in [2.45, 2.75) is 6.61 Å². The number of benzene rings is 1. The van der Waals surface area contributed by atoms with Crippen LogP contribution in [0.2, 0.25) is 0 Å². The van der Waals surface area contributed by atoms with Crippen LogP contribution in [0.5, 0.6) is 5.75 Å². The van der Waals surface area contributed by atoms with Gasteiger partial charge < -0.3 is 10.5 Å². The first-order valence-corrected chi connectivity index (χ1v) is 5.15. The summed E-state index contributed by atoms with van der Waals surface area (Å²) in [6.45, 7) is -0.373. The van der Waals surface area contributed by atoms with Gasteiger partial charge in [-0.2, -0.15) is 8.78 Å². The van der Waals surface area contributed by atoms with Crippen LogP contribution in [-0.2, 0) is 6.61 Å². The second kappa shape index (κ2) is 5.13. The zero-order chi connectivity index (χ0) is 14.0. The zero-order valence-electron chi connectivity index (χ0n) is 9.46. The van der Waals surface area contributed by atoms with E-state index >= 15 is 0 Å². The van der Waals surface area contributed by atoms with Crippen LogP contribution in [0.3, 0.4) is 0 Å². The molecule has 100 valence electrons. The van der Waals surface area contributed by atoms with E-state index in [1.807, 2.05) is 0 Å². The molecule has 1 aromatic carbocycles. The maximum absolute atomic E-state index is 13.3. The quantitative estimate of drug-likeness (QED) is 0.690. The molecule has 7 heteroatoms. The summed E-state index contributed by atoms with van der Waals surface area (Å²) in [5.74, 6) is -7.38. The van der Waals surface area contributed by atoms with Gasteiger partial charge in [0.1, 0.15) is 6.61 Å². The molecular formula is C12H8F4N2O. The van der Waals surface area contributed by atoms with Crippen LogP contribution in [0.15, 0.2) is 24.4 Å². The number of nitrogens with zero attached hydrogens (tertiary/aromatic N) is 1. The van der Waals surface area contributed by atoms with Crippen LogP contribution in [-0.4, -0.2) is 4.98 Å². The molecule has 3 nitrogen and oxygen atoms in total. The fourth-order valence-electron chi connectivity index (χ4n) is 1.40. The molecule has 0 unspecified atom stereocenters. The van der Waals surface area contributed by atoms with Gasteiger partial charge in [-0.3, -0.25) is 4.98 Å². The molecule has 1 heterocycles. The molecule has 2 N–H and O–H groups in total. The zero-order valence-corrected chi connectivity index (χ0v) is 9.46. The first kappa shape index (κ1) is 13.1. The van der Waals surface area contributed by atoms with Crippen LogP contribution < -0.4 is 10.5 Å². The molecule has 0 bridgehead atoms. The van der Waals surface area contributed by atoms with Crippen LogP contribution in [0.1, 0.15) is 5.69 Å². The lowest BCUT2D eigenvalue weighted by molar-refractivity contribution is 0.258. The van der Waals surface area contributed by atoms with Gasteiger partial charge in [-0.1, -0.05) is 0 Å². The monoisotopic (exact) mass is 272 g/mol. The number of aromatic nitrogens is 1. The van der Waals surface area contributed by atoms with E-state index in [1.165, 1.54) is 18.3 Å². The van der Waals surface area contributed by atoms with E-state index in [1.54, 1.807) is 0 Å². The van der Waals surface area contributed by atoms with Crippen molar-refractivity contribution in [2.75, 3.05) is 5.73 Å². The lowest BCUT2D eigenvalue weighted by Gasteiger charge is -2.09. The third-order valence-corrected chi connectivity index (χ3v) is 2.28. The predicted molar refractivity (Wildman–Crippen MR) is 59.3 cm³/mol. The minimum atomic E-state index is -1.59. The number of ether oxygens (including phenoxy) is 1. The van der Waals surface area contributed by atoms with Crippen LogP contribution in [0.4, 0.5) is 23.2 Å². The van der Waals surface area contributed by atoms with Crippen LogP contribution in [0.25, 0.3) is 0 Å². The van der Waals surface area contributed by atoms with E-state index in [0.29, 0.717) is 5.69 Å². The Morgan fingerprint density at radius 1 is 1.05 bits per heavy atom. The molecule has 0 fully saturated rings. The van der Waals surface area contributed by atoms with Crippen molar-refractivity contribution in [2.24, 2.45) is 0 Å². The summed E-state index contributed by atoms with van der Waals surface area (Å²) in [6.07, 6.45) is 1.37. The highest BCUT2D eigenvalue weighted by molar-refractivity contribution is 5.37. The fraction of sp³-hybridized carbons (Fsp3) is 0.0833. The Labute approximate surface area is 105 Å². The Bertz CT molecular complexity index is 593. The number of nitrogen functional groups attached to an aromatic ring is 1. The van der Waals surface area contributed by atoms with Gasteiger partial charge >= 0.3 is 0 Å². The van der Waals surface area contributed by atoms with Crippen molar-refractivity contribution in [3.8, 4) is 5.75 Å². The van der Waals surface area contributed by atoms with E-state index < -0.39 is 29.0 Å². The highest BCUT2D eigenvalue weighted by Crippen LogP contribution is 2.27. The molecule has 0 atom stereocenters. The molecule has 0 aliphatic rings. The van der Waals surface area contributed by atoms with Crippen molar-refractivity contribution >= 4 is 5.69 Å². The Morgan fingerprint density at radius 2 is 1.68 bits per heavy atom. The van der Waals surface area contributed by atoms with Gasteiger partial charge in [0.25, 0.3) is 0 Å². The van der Waals surface area contributed by atoms with E-state index in [0.717, 1.165) is 0 Å². The number of pyridine rings is 1. The normalized spacial score (nSPS) is 10.5. The highest BCUT2D eigenvalue weighted by atomic mass is 19.2. The Morgan fingerprint density at radius 3 is 2.26 bits per heavy atom. The SMILES string of the molecule is Nc1ccnc(COc2c(F)c(F)cc(F)c2F)c1. The Kier molecular flexibility index (Phi) is 3.55. The molecule has 0 saturated heterocycles. The lowest BCUT2D eigenvalue weighted by atomic mass is 10.3. The van der Waals surface area contributed by atoms with Crippen LogP contribution in [0, 0.1) is 23.3 Å². The smallest absolute Gasteiger partial charge is 0.203 e. The average molecular weight is 272 g/mol. The largest absolute Gasteiger partial charge is 0.481 e. The van der Waals surface area contributed by atoms with Crippen molar-refractivity contribution < 1.29 is 22.3 Å². The summed E-state index contributed by atoms with van der Waals surface area (Å²) in [5.41, 5.74) is 6.11. The molecule has 0 amide bonds. The van der Waals surface area contributed by atoms with Crippen molar-refractivity contribution in [3.05, 3.63) is 53.4 Å². The number of rotatable bonds is 3. The maximum atomic E-state index is 13.3. The highest BCUT2D eigenvalue weighted by Gasteiger charge is 2.20. The number of halogens is 4. The minimum Gasteiger partial charge on any atom is -0.481 e. The Balaban J connectivity index is 2.25. The van der Waals surface area contributed by atoms with Gasteiger partial charge in [-0.25, -0.2) is 8.78 Å². The predicted octanol–water partition coefficient (Wildman–Crippen LogP) is 2.80. The fourth-order valence-corrected chi connectivity index (χ4v) is 1.40. The van der Waals surface area contributed by atoms with E-state index in [-0.39, 0.29) is 18.4 Å². The van der Waals surface area contributed by atoms with Gasteiger partial charge in [0, 0.05) is 18.0 Å². The van der Waals surface area contributed by atoms with Gasteiger partial charge in [0.2, 0.25) is 11.6 Å². The number of anilines is 1. The third-order valence-electron chi connectivity index (χ3n) is 2.28. The number of nitrogens with two attached hydrogens (primary N) is 1. The summed E-state index contributed by atoms with van der Waals surface area (Å²) in [6, 6.07) is 3.02. The van der Waals surface area contributed by atoms with Gasteiger partial charge in [-0.05, 0) is 12.1 Å². The summed E-state index contributed by atoms with van der Waals surface area (Å²) < 4.78 is 57.1. The third kappa shape index (κ3) is 2.75. The molecular weight excluding hydrogens is 264 g/mol. The van der Waals surface area contributed by atoms with Gasteiger partial charge in [-0.15, -0.1) is 0 Å². The molecule has 19 heavy (non-hydrogen) atoms. The first-order valence-electron chi connectivity index (χ1n) is 5.15. The molecule has 0 radical (unpaired) electrons. The second-order valence-corrected chi connectivity index (χ2v) is 3.67. The number of hydrogen-bond acceptors (Lipinski definition) is 3. The minimum absolute atomic E-state index is 0.107. The molecule has 0 aliphatic carbocycles. The van der Waals surface area contributed by atoms with Gasteiger partial charge in [0.15, 0.2) is 17.4 Å². The second-order valence-electron chi connectivity index (χ2n) is 3.67. The molecule has 0 saturated carbocycles. The van der Waals surface area contributed by atoms with Crippen LogP contribution >= 0.6 is 0 Å². The molecule has 0 aliphatic heterocycles. The van der Waals surface area contributed by atoms with Crippen molar-refractivity contribution in [3.63, 3.8) is 0 Å². The standard InChI is InChI=1S/C12H8F4N2O/c13-8-4-9(14)11(16)12(10(8)15)19-5-7-3-6(17)1-2-18-7/h1-4H,5H2,(H2,17,18). The maximum Gasteiger partial charge on any atom is 0.203 e. The molecule has 2 aromatic rings. The average Bonchev–Trinajstić information content (AvgIpc) is 2.36. The molecule has 2 rings (SSSR count). The number of hydrogen-bond donors (Lipinski definition) is 1. The summed E-state index contributed by atoms with van der Waals surface area (Å²) in [7, 11) is 0. The van der Waals surface area contributed by atoms with Crippen molar-refractivity contribution in [1.29, 1.82) is 0 Å². The van der Waals surface area contributed by atoms with E-state index in [2.05, 4.69) is 4.98 Å². The molecule has 0 spiro atoms. The van der Waals surface area contributed by atoms with Gasteiger partial charge in [0.05, 0.1) is 5.69 Å². The summed E-state index contributed by atoms with van der Waals surface area (Å²) in [5, 5.41) is 0. The van der Waals surface area contributed by atoms with E-state index in [4.69, 9.17) is 10.5 Å². The molecule has 1 aromatic heterocycles. The topological polar surface area (TPSA) is 48.1 Å². The Hall–Kier alpha value is -2.31. The summed E-state index contributed by atoms with van der Waals surface area (Å²) >= 11 is 0. The van der Waals surface area contributed by atoms with E-state index in [9.17, 15) is 17.6 Å². The first-order chi connectivity index (χ1) is 8.99. The summed E-state index contributed by atoms with van der Waals surface area (Å²) in [4.78, 5) is 3.82. The lowest BCUT2D eigenvalue weighted by Crippen LogP contribution is -2.05. The van der Waals surface area contributed by atoms with Crippen molar-refractivity contribution in [1.82, 2.24) is 4.98 Å².